The Morgan fingerprint density at radius 1 is 1.07 bits per heavy atom. The first-order valence-electron chi connectivity index (χ1n) is 7.78. The lowest BCUT2D eigenvalue weighted by molar-refractivity contribution is -0.123. The van der Waals surface area contributed by atoms with Gasteiger partial charge in [-0.15, -0.1) is 4.83 Å². The van der Waals surface area contributed by atoms with Crippen molar-refractivity contribution in [2.45, 2.75) is 11.8 Å². The van der Waals surface area contributed by atoms with Crippen molar-refractivity contribution in [2.75, 3.05) is 13.2 Å². The molecule has 0 aliphatic carbocycles. The van der Waals surface area contributed by atoms with E-state index in [2.05, 4.69) is 0 Å². The topological polar surface area (TPSA) is 111 Å². The van der Waals surface area contributed by atoms with Crippen molar-refractivity contribution < 1.29 is 31.9 Å². The van der Waals surface area contributed by atoms with Crippen LogP contribution in [-0.2, 0) is 19.6 Å². The number of ether oxygens (including phenoxy) is 2. The molecule has 144 valence electrons. The lowest BCUT2D eigenvalue weighted by atomic mass is 10.2. The quantitative estimate of drug-likeness (QED) is 0.515. The third kappa shape index (κ3) is 5.76. The highest BCUT2D eigenvalue weighted by molar-refractivity contribution is 7.89. The van der Waals surface area contributed by atoms with Crippen molar-refractivity contribution in [1.29, 1.82) is 0 Å². The van der Waals surface area contributed by atoms with Crippen LogP contribution in [-0.4, -0.2) is 33.5 Å². The molecular weight excluding hydrogens is 379 g/mol. The molecule has 0 saturated heterocycles. The van der Waals surface area contributed by atoms with Crippen molar-refractivity contribution >= 4 is 21.9 Å². The fourth-order valence-electron chi connectivity index (χ4n) is 1.91. The minimum absolute atomic E-state index is 0.134. The number of carbonyl (C=O) groups is 2. The number of halogens is 1. The number of nitrogens with one attached hydrogen (secondary N) is 2. The summed E-state index contributed by atoms with van der Waals surface area (Å²) in [6, 6.07) is 10.4. The van der Waals surface area contributed by atoms with Gasteiger partial charge < -0.3 is 9.47 Å². The summed E-state index contributed by atoms with van der Waals surface area (Å²) >= 11 is 0. The van der Waals surface area contributed by atoms with E-state index in [4.69, 9.17) is 9.47 Å². The molecule has 0 unspecified atom stereocenters. The summed E-state index contributed by atoms with van der Waals surface area (Å²) in [5.41, 5.74) is 2.15. The van der Waals surface area contributed by atoms with Gasteiger partial charge in [-0.3, -0.25) is 10.2 Å². The molecule has 0 saturated carbocycles. The Hall–Kier alpha value is -2.98. The van der Waals surface area contributed by atoms with Gasteiger partial charge in [0.15, 0.2) is 18.2 Å². The SMILES string of the molecule is CCOC(=O)c1ccc(S(=O)(=O)NNC(=O)COc2ccccc2F)cc1. The van der Waals surface area contributed by atoms with E-state index in [0.717, 1.165) is 6.07 Å². The van der Waals surface area contributed by atoms with Gasteiger partial charge in [0.25, 0.3) is 15.9 Å². The van der Waals surface area contributed by atoms with Crippen LogP contribution in [0, 0.1) is 5.82 Å². The zero-order valence-corrected chi connectivity index (χ0v) is 15.1. The molecule has 2 aromatic carbocycles. The van der Waals surface area contributed by atoms with Gasteiger partial charge in [0.05, 0.1) is 17.1 Å². The maximum Gasteiger partial charge on any atom is 0.338 e. The maximum atomic E-state index is 13.4. The molecule has 0 bridgehead atoms. The van der Waals surface area contributed by atoms with Crippen molar-refractivity contribution in [1.82, 2.24) is 10.3 Å². The van der Waals surface area contributed by atoms with Gasteiger partial charge in [-0.2, -0.15) is 0 Å². The molecule has 0 aliphatic rings. The fourth-order valence-corrected chi connectivity index (χ4v) is 2.77. The molecule has 0 aliphatic heterocycles. The van der Waals surface area contributed by atoms with Crippen LogP contribution in [0.25, 0.3) is 0 Å². The van der Waals surface area contributed by atoms with E-state index in [9.17, 15) is 22.4 Å². The van der Waals surface area contributed by atoms with Gasteiger partial charge in [0.1, 0.15) is 0 Å². The summed E-state index contributed by atoms with van der Waals surface area (Å²) in [5.74, 6) is -2.18. The van der Waals surface area contributed by atoms with Crippen LogP contribution in [0.2, 0.25) is 0 Å². The van der Waals surface area contributed by atoms with Crippen LogP contribution in [0.5, 0.6) is 5.75 Å². The van der Waals surface area contributed by atoms with Crippen molar-refractivity contribution in [3.05, 3.63) is 59.9 Å². The lowest BCUT2D eigenvalue weighted by Gasteiger charge is -2.10. The predicted octanol–water partition coefficient (Wildman–Crippen LogP) is 1.39. The molecule has 10 heteroatoms. The number of esters is 1. The van der Waals surface area contributed by atoms with E-state index >= 15 is 0 Å². The Labute approximate surface area is 155 Å². The van der Waals surface area contributed by atoms with E-state index in [1.807, 2.05) is 10.3 Å². The predicted molar refractivity (Wildman–Crippen MR) is 92.8 cm³/mol. The molecule has 0 spiro atoms. The number of rotatable bonds is 8. The van der Waals surface area contributed by atoms with Crippen LogP contribution in [0.1, 0.15) is 17.3 Å². The summed E-state index contributed by atoms with van der Waals surface area (Å²) in [4.78, 5) is 24.9. The van der Waals surface area contributed by atoms with E-state index < -0.39 is 34.3 Å². The van der Waals surface area contributed by atoms with Gasteiger partial charge in [-0.05, 0) is 43.3 Å². The molecule has 1 amide bonds. The highest BCUT2D eigenvalue weighted by atomic mass is 32.2. The van der Waals surface area contributed by atoms with Crippen molar-refractivity contribution in [3.8, 4) is 5.75 Å². The molecule has 0 atom stereocenters. The van der Waals surface area contributed by atoms with Crippen molar-refractivity contribution in [2.24, 2.45) is 0 Å². The van der Waals surface area contributed by atoms with Crippen LogP contribution in [0.4, 0.5) is 4.39 Å². The third-order valence-electron chi connectivity index (χ3n) is 3.20. The second-order valence-electron chi connectivity index (χ2n) is 5.12. The number of para-hydroxylation sites is 1. The monoisotopic (exact) mass is 396 g/mol. The Kier molecular flexibility index (Phi) is 6.85. The third-order valence-corrected chi connectivity index (χ3v) is 4.46. The molecule has 0 fully saturated rings. The van der Waals surface area contributed by atoms with E-state index in [1.54, 1.807) is 6.92 Å². The van der Waals surface area contributed by atoms with Crippen LogP contribution in [0.15, 0.2) is 53.4 Å². The van der Waals surface area contributed by atoms with E-state index in [1.165, 1.54) is 42.5 Å². The molecule has 8 nitrogen and oxygen atoms in total. The first kappa shape index (κ1) is 20.3. The minimum atomic E-state index is -4.06. The number of amides is 1. The Morgan fingerprint density at radius 3 is 2.37 bits per heavy atom. The highest BCUT2D eigenvalue weighted by Gasteiger charge is 2.16. The minimum Gasteiger partial charge on any atom is -0.481 e. The Morgan fingerprint density at radius 2 is 1.74 bits per heavy atom. The number of hydrazine groups is 1. The summed E-state index contributed by atoms with van der Waals surface area (Å²) in [7, 11) is -4.06. The summed E-state index contributed by atoms with van der Waals surface area (Å²) in [6.07, 6.45) is 0. The number of carbonyl (C=O) groups excluding carboxylic acids is 2. The van der Waals surface area contributed by atoms with Crippen LogP contribution >= 0.6 is 0 Å². The van der Waals surface area contributed by atoms with Gasteiger partial charge in [-0.1, -0.05) is 12.1 Å². The summed E-state index contributed by atoms with van der Waals surface area (Å²) in [6.45, 7) is 1.26. The highest BCUT2D eigenvalue weighted by Crippen LogP contribution is 2.15. The average molecular weight is 396 g/mol. The molecule has 27 heavy (non-hydrogen) atoms. The fraction of sp³-hybridized carbons (Fsp3) is 0.176. The molecule has 0 heterocycles. The van der Waals surface area contributed by atoms with Gasteiger partial charge in [0.2, 0.25) is 0 Å². The Bertz CT molecular complexity index is 915. The number of hydrogen-bond acceptors (Lipinski definition) is 6. The second-order valence-corrected chi connectivity index (χ2v) is 6.80. The van der Waals surface area contributed by atoms with E-state index in [-0.39, 0.29) is 22.8 Å². The van der Waals surface area contributed by atoms with Crippen LogP contribution in [0.3, 0.4) is 0 Å². The molecule has 2 rings (SSSR count). The standard InChI is InChI=1S/C17H17FN2O6S/c1-2-25-17(22)12-7-9-13(10-8-12)27(23,24)20-19-16(21)11-26-15-6-4-3-5-14(15)18/h3-10,20H,2,11H2,1H3,(H,19,21). The van der Waals surface area contributed by atoms with Gasteiger partial charge >= 0.3 is 5.97 Å². The maximum absolute atomic E-state index is 13.4. The van der Waals surface area contributed by atoms with Gasteiger partial charge in [0, 0.05) is 0 Å². The number of hydrogen-bond donors (Lipinski definition) is 2. The van der Waals surface area contributed by atoms with E-state index in [0.29, 0.717) is 0 Å². The van der Waals surface area contributed by atoms with Crippen molar-refractivity contribution in [3.63, 3.8) is 0 Å². The first-order valence-corrected chi connectivity index (χ1v) is 9.27. The number of benzene rings is 2. The zero-order chi connectivity index (χ0) is 19.9. The zero-order valence-electron chi connectivity index (χ0n) is 14.3. The largest absolute Gasteiger partial charge is 0.481 e. The summed E-state index contributed by atoms with van der Waals surface area (Å²) in [5, 5.41) is 0. The molecule has 0 aromatic heterocycles. The number of sulfonamides is 1. The van der Waals surface area contributed by atoms with Crippen LogP contribution < -0.4 is 15.0 Å². The lowest BCUT2D eigenvalue weighted by Crippen LogP contribution is -2.43. The molecule has 2 N–H and O–H groups in total. The second kappa shape index (κ2) is 9.10. The normalized spacial score (nSPS) is 10.9. The smallest absolute Gasteiger partial charge is 0.338 e. The summed E-state index contributed by atoms with van der Waals surface area (Å²) < 4.78 is 47.4. The molecule has 0 radical (unpaired) electrons. The molecular formula is C17H17FN2O6S. The Balaban J connectivity index is 1.91. The molecule has 2 aromatic rings. The first-order chi connectivity index (χ1) is 12.8. The average Bonchev–Trinajstić information content (AvgIpc) is 2.66. The van der Waals surface area contributed by atoms with Gasteiger partial charge in [-0.25, -0.2) is 17.6 Å².